The van der Waals surface area contributed by atoms with Crippen LogP contribution in [0, 0.1) is 5.92 Å². The van der Waals surface area contributed by atoms with Crippen LogP contribution in [0.3, 0.4) is 0 Å². The average Bonchev–Trinajstić information content (AvgIpc) is 2.73. The summed E-state index contributed by atoms with van der Waals surface area (Å²) >= 11 is 0. The molecule has 0 unspecified atom stereocenters. The molecule has 0 aliphatic rings. The summed E-state index contributed by atoms with van der Waals surface area (Å²) in [5.74, 6) is 0.658. The summed E-state index contributed by atoms with van der Waals surface area (Å²) < 4.78 is 7.43. The van der Waals surface area contributed by atoms with E-state index in [9.17, 15) is 0 Å². The van der Waals surface area contributed by atoms with E-state index in [2.05, 4.69) is 54.2 Å². The second-order valence-corrected chi connectivity index (χ2v) is 5.39. The molecule has 1 N–H and O–H groups in total. The molecule has 2 aromatic rings. The number of hydrogen-bond acceptors (Lipinski definition) is 2. The smallest absolute Gasteiger partial charge is 0.0587 e. The van der Waals surface area contributed by atoms with Crippen LogP contribution in [0.1, 0.15) is 19.4 Å². The standard InChI is InChI=1S/C16H24N2O/c1-13(2)11-18-12-14(10-17-8-9-19-3)15-6-4-5-7-16(15)18/h4-7,12-13,17H,8-11H2,1-3H3. The van der Waals surface area contributed by atoms with Crippen LogP contribution in [0.2, 0.25) is 0 Å². The number of benzene rings is 1. The predicted octanol–water partition coefficient (Wildman–Crippen LogP) is 3.03. The van der Waals surface area contributed by atoms with Gasteiger partial charge < -0.3 is 14.6 Å². The van der Waals surface area contributed by atoms with Crippen LogP contribution in [-0.2, 0) is 17.8 Å². The first-order valence-electron chi connectivity index (χ1n) is 6.98. The fraction of sp³-hybridized carbons (Fsp3) is 0.500. The highest BCUT2D eigenvalue weighted by Crippen LogP contribution is 2.22. The van der Waals surface area contributed by atoms with E-state index in [1.54, 1.807) is 7.11 Å². The van der Waals surface area contributed by atoms with Crippen LogP contribution in [0.25, 0.3) is 10.9 Å². The Balaban J connectivity index is 2.18. The Morgan fingerprint density at radius 2 is 2.05 bits per heavy atom. The number of ether oxygens (including phenoxy) is 1. The second-order valence-electron chi connectivity index (χ2n) is 5.39. The molecule has 0 bridgehead atoms. The lowest BCUT2D eigenvalue weighted by atomic mass is 10.2. The monoisotopic (exact) mass is 260 g/mol. The van der Waals surface area contributed by atoms with Crippen molar-refractivity contribution in [3.8, 4) is 0 Å². The number of para-hydroxylation sites is 1. The Bertz CT molecular complexity index is 516. The first-order chi connectivity index (χ1) is 9.22. The van der Waals surface area contributed by atoms with Crippen LogP contribution in [0.15, 0.2) is 30.5 Å². The Hall–Kier alpha value is -1.32. The van der Waals surface area contributed by atoms with Crippen molar-refractivity contribution in [2.24, 2.45) is 5.92 Å². The number of nitrogens with one attached hydrogen (secondary N) is 1. The van der Waals surface area contributed by atoms with Gasteiger partial charge in [0.2, 0.25) is 0 Å². The third-order valence-electron chi connectivity index (χ3n) is 3.23. The summed E-state index contributed by atoms with van der Waals surface area (Å²) in [7, 11) is 1.73. The maximum absolute atomic E-state index is 5.06. The highest BCUT2D eigenvalue weighted by atomic mass is 16.5. The van der Waals surface area contributed by atoms with E-state index in [-0.39, 0.29) is 0 Å². The largest absolute Gasteiger partial charge is 0.383 e. The Morgan fingerprint density at radius 1 is 1.26 bits per heavy atom. The van der Waals surface area contributed by atoms with Gasteiger partial charge in [-0.15, -0.1) is 0 Å². The number of nitrogens with zero attached hydrogens (tertiary/aromatic N) is 1. The summed E-state index contributed by atoms with van der Waals surface area (Å²) in [6.07, 6.45) is 2.28. The maximum Gasteiger partial charge on any atom is 0.0587 e. The number of fused-ring (bicyclic) bond motifs is 1. The molecule has 0 saturated carbocycles. The minimum absolute atomic E-state index is 0.658. The van der Waals surface area contributed by atoms with Crippen LogP contribution >= 0.6 is 0 Å². The van der Waals surface area contributed by atoms with Gasteiger partial charge in [0.1, 0.15) is 0 Å². The van der Waals surface area contributed by atoms with Gasteiger partial charge in [-0.05, 0) is 17.5 Å². The third kappa shape index (κ3) is 3.58. The molecule has 3 nitrogen and oxygen atoms in total. The lowest BCUT2D eigenvalue weighted by Gasteiger charge is -2.07. The SMILES string of the molecule is COCCNCc1cn(CC(C)C)c2ccccc12. The normalized spacial score (nSPS) is 11.6. The third-order valence-corrected chi connectivity index (χ3v) is 3.23. The minimum Gasteiger partial charge on any atom is -0.383 e. The molecule has 3 heteroatoms. The van der Waals surface area contributed by atoms with Gasteiger partial charge in [0.05, 0.1) is 6.61 Å². The quantitative estimate of drug-likeness (QED) is 0.774. The van der Waals surface area contributed by atoms with Gasteiger partial charge in [-0.2, -0.15) is 0 Å². The first kappa shape index (κ1) is 14.1. The molecule has 2 rings (SSSR count). The van der Waals surface area contributed by atoms with Gasteiger partial charge in [0, 0.05) is 43.8 Å². The molecule has 0 radical (unpaired) electrons. The molecular weight excluding hydrogens is 236 g/mol. The molecule has 0 amide bonds. The van der Waals surface area contributed by atoms with E-state index >= 15 is 0 Å². The first-order valence-corrected chi connectivity index (χ1v) is 6.98. The Labute approximate surface area is 115 Å². The van der Waals surface area contributed by atoms with E-state index in [0.29, 0.717) is 5.92 Å². The fourth-order valence-electron chi connectivity index (χ4n) is 2.41. The van der Waals surface area contributed by atoms with Crippen LogP contribution in [0.5, 0.6) is 0 Å². The summed E-state index contributed by atoms with van der Waals surface area (Å²) in [6.45, 7) is 8.12. The van der Waals surface area contributed by atoms with Crippen molar-refractivity contribution in [1.82, 2.24) is 9.88 Å². The van der Waals surface area contributed by atoms with Gasteiger partial charge in [-0.3, -0.25) is 0 Å². The van der Waals surface area contributed by atoms with Crippen molar-refractivity contribution in [2.45, 2.75) is 26.9 Å². The van der Waals surface area contributed by atoms with Crippen molar-refractivity contribution in [1.29, 1.82) is 0 Å². The zero-order valence-electron chi connectivity index (χ0n) is 12.1. The van der Waals surface area contributed by atoms with E-state index in [0.717, 1.165) is 26.2 Å². The summed E-state index contributed by atoms with van der Waals surface area (Å²) in [4.78, 5) is 0. The maximum atomic E-state index is 5.06. The molecule has 0 atom stereocenters. The summed E-state index contributed by atoms with van der Waals surface area (Å²) in [6, 6.07) is 8.64. The molecule has 1 aromatic heterocycles. The van der Waals surface area contributed by atoms with E-state index in [1.165, 1.54) is 16.5 Å². The molecule has 0 aliphatic carbocycles. The Kier molecular flexibility index (Phi) is 5.00. The number of aromatic nitrogens is 1. The number of rotatable bonds is 7. The molecule has 1 aromatic carbocycles. The van der Waals surface area contributed by atoms with Gasteiger partial charge in [-0.25, -0.2) is 0 Å². The molecule has 0 spiro atoms. The van der Waals surface area contributed by atoms with Crippen LogP contribution < -0.4 is 5.32 Å². The molecule has 0 fully saturated rings. The topological polar surface area (TPSA) is 26.2 Å². The van der Waals surface area contributed by atoms with Crippen molar-refractivity contribution >= 4 is 10.9 Å². The van der Waals surface area contributed by atoms with Crippen molar-refractivity contribution < 1.29 is 4.74 Å². The van der Waals surface area contributed by atoms with Gasteiger partial charge in [-0.1, -0.05) is 32.0 Å². The molecule has 104 valence electrons. The summed E-state index contributed by atoms with van der Waals surface area (Å²) in [5, 5.41) is 4.78. The minimum atomic E-state index is 0.658. The predicted molar refractivity (Wildman–Crippen MR) is 80.4 cm³/mol. The number of hydrogen-bond donors (Lipinski definition) is 1. The lowest BCUT2D eigenvalue weighted by Crippen LogP contribution is -2.18. The second kappa shape index (κ2) is 6.73. The van der Waals surface area contributed by atoms with Crippen molar-refractivity contribution in [3.63, 3.8) is 0 Å². The van der Waals surface area contributed by atoms with E-state index < -0.39 is 0 Å². The van der Waals surface area contributed by atoms with Crippen LogP contribution in [0.4, 0.5) is 0 Å². The van der Waals surface area contributed by atoms with Crippen molar-refractivity contribution in [2.75, 3.05) is 20.3 Å². The van der Waals surface area contributed by atoms with E-state index in [1.807, 2.05) is 0 Å². The molecule has 0 saturated heterocycles. The molecular formula is C16H24N2O. The zero-order chi connectivity index (χ0) is 13.7. The van der Waals surface area contributed by atoms with Gasteiger partial charge in [0.15, 0.2) is 0 Å². The van der Waals surface area contributed by atoms with Gasteiger partial charge >= 0.3 is 0 Å². The average molecular weight is 260 g/mol. The molecule has 0 aliphatic heterocycles. The number of methoxy groups -OCH3 is 1. The van der Waals surface area contributed by atoms with Crippen LogP contribution in [-0.4, -0.2) is 24.8 Å². The van der Waals surface area contributed by atoms with E-state index in [4.69, 9.17) is 4.74 Å². The Morgan fingerprint density at radius 3 is 2.79 bits per heavy atom. The highest BCUT2D eigenvalue weighted by Gasteiger charge is 2.08. The van der Waals surface area contributed by atoms with Gasteiger partial charge in [0.25, 0.3) is 0 Å². The lowest BCUT2D eigenvalue weighted by molar-refractivity contribution is 0.199. The van der Waals surface area contributed by atoms with Crippen molar-refractivity contribution in [3.05, 3.63) is 36.0 Å². The molecule has 19 heavy (non-hydrogen) atoms. The zero-order valence-corrected chi connectivity index (χ0v) is 12.1. The summed E-state index contributed by atoms with van der Waals surface area (Å²) in [5.41, 5.74) is 2.70. The molecule has 1 heterocycles. The highest BCUT2D eigenvalue weighted by molar-refractivity contribution is 5.83. The fourth-order valence-corrected chi connectivity index (χ4v) is 2.41.